The lowest BCUT2D eigenvalue weighted by Crippen LogP contribution is -2.24. The summed E-state index contributed by atoms with van der Waals surface area (Å²) < 4.78 is 0. The molecule has 2 aromatic rings. The van der Waals surface area contributed by atoms with Crippen LogP contribution in [0.25, 0.3) is 0 Å². The number of rotatable bonds is 4. The molecule has 0 aliphatic heterocycles. The average Bonchev–Trinajstić information content (AvgIpc) is 2.41. The standard InChI is InChI=1S/C14H18N4/c1-3-18(10-12-5-7-16-8-6-12)14-13(15)11(2)4-9-17-14/h4-9H,3,10,15H2,1-2H3. The molecule has 2 N–H and O–H groups in total. The van der Waals surface area contributed by atoms with Gasteiger partial charge >= 0.3 is 0 Å². The maximum Gasteiger partial charge on any atom is 0.152 e. The Morgan fingerprint density at radius 3 is 2.56 bits per heavy atom. The van der Waals surface area contributed by atoms with Crippen LogP contribution in [0.3, 0.4) is 0 Å². The predicted octanol–water partition coefficient (Wildman–Crippen LogP) is 2.39. The van der Waals surface area contributed by atoms with Crippen LogP contribution in [0.2, 0.25) is 0 Å². The third-order valence-electron chi connectivity index (χ3n) is 2.99. The molecule has 0 aliphatic rings. The molecule has 0 saturated heterocycles. The van der Waals surface area contributed by atoms with Crippen LogP contribution in [0.15, 0.2) is 36.8 Å². The second-order valence-corrected chi connectivity index (χ2v) is 4.23. The first-order valence-corrected chi connectivity index (χ1v) is 6.07. The Bertz CT molecular complexity index is 510. The molecule has 0 spiro atoms. The van der Waals surface area contributed by atoms with E-state index in [0.29, 0.717) is 0 Å². The van der Waals surface area contributed by atoms with Crippen LogP contribution in [0, 0.1) is 6.92 Å². The van der Waals surface area contributed by atoms with E-state index in [9.17, 15) is 0 Å². The van der Waals surface area contributed by atoms with Gasteiger partial charge < -0.3 is 10.6 Å². The highest BCUT2D eigenvalue weighted by molar-refractivity contribution is 5.66. The number of anilines is 2. The molecule has 0 radical (unpaired) electrons. The Labute approximate surface area is 107 Å². The van der Waals surface area contributed by atoms with Gasteiger partial charge in [0.25, 0.3) is 0 Å². The molecular formula is C14H18N4. The summed E-state index contributed by atoms with van der Waals surface area (Å²) in [5.41, 5.74) is 9.12. The van der Waals surface area contributed by atoms with Gasteiger partial charge in [0.1, 0.15) is 0 Å². The summed E-state index contributed by atoms with van der Waals surface area (Å²) in [5, 5.41) is 0. The number of aryl methyl sites for hydroxylation is 1. The molecule has 0 amide bonds. The summed E-state index contributed by atoms with van der Waals surface area (Å²) in [6.07, 6.45) is 5.41. The van der Waals surface area contributed by atoms with Crippen molar-refractivity contribution in [3.05, 3.63) is 47.9 Å². The first-order chi connectivity index (χ1) is 8.72. The van der Waals surface area contributed by atoms with E-state index in [2.05, 4.69) is 21.8 Å². The number of hydrogen-bond acceptors (Lipinski definition) is 4. The quantitative estimate of drug-likeness (QED) is 0.894. The minimum atomic E-state index is 0.758. The fraction of sp³-hybridized carbons (Fsp3) is 0.286. The topological polar surface area (TPSA) is 55.0 Å². The number of nitrogens with two attached hydrogens (primary N) is 1. The van der Waals surface area contributed by atoms with Crippen molar-refractivity contribution in [1.29, 1.82) is 0 Å². The molecule has 4 nitrogen and oxygen atoms in total. The van der Waals surface area contributed by atoms with Crippen LogP contribution < -0.4 is 10.6 Å². The van der Waals surface area contributed by atoms with Gasteiger partial charge in [0.05, 0.1) is 5.69 Å². The van der Waals surface area contributed by atoms with Crippen molar-refractivity contribution in [2.24, 2.45) is 0 Å². The number of pyridine rings is 2. The summed E-state index contributed by atoms with van der Waals surface area (Å²) in [4.78, 5) is 10.6. The van der Waals surface area contributed by atoms with Crippen molar-refractivity contribution in [3.63, 3.8) is 0 Å². The summed E-state index contributed by atoms with van der Waals surface area (Å²) >= 11 is 0. The first kappa shape index (κ1) is 12.4. The molecule has 0 aromatic carbocycles. The molecule has 0 fully saturated rings. The molecule has 0 atom stereocenters. The molecule has 18 heavy (non-hydrogen) atoms. The van der Waals surface area contributed by atoms with Gasteiger partial charge in [-0.25, -0.2) is 4.98 Å². The highest BCUT2D eigenvalue weighted by Gasteiger charge is 2.11. The van der Waals surface area contributed by atoms with E-state index in [1.807, 2.05) is 25.1 Å². The molecule has 2 aromatic heterocycles. The van der Waals surface area contributed by atoms with E-state index in [1.165, 1.54) is 5.56 Å². The molecule has 0 bridgehead atoms. The molecule has 0 aliphatic carbocycles. The van der Waals surface area contributed by atoms with Gasteiger partial charge in [-0.3, -0.25) is 4.98 Å². The minimum Gasteiger partial charge on any atom is -0.396 e. The van der Waals surface area contributed by atoms with E-state index >= 15 is 0 Å². The van der Waals surface area contributed by atoms with Gasteiger partial charge in [-0.05, 0) is 43.2 Å². The minimum absolute atomic E-state index is 0.758. The Hall–Kier alpha value is -2.10. The fourth-order valence-corrected chi connectivity index (χ4v) is 1.85. The Morgan fingerprint density at radius 1 is 1.17 bits per heavy atom. The largest absolute Gasteiger partial charge is 0.396 e. The zero-order valence-corrected chi connectivity index (χ0v) is 10.8. The normalized spacial score (nSPS) is 10.3. The fourth-order valence-electron chi connectivity index (χ4n) is 1.85. The maximum atomic E-state index is 6.10. The van der Waals surface area contributed by atoms with Crippen molar-refractivity contribution in [3.8, 4) is 0 Å². The molecule has 94 valence electrons. The summed E-state index contributed by atoms with van der Waals surface area (Å²) in [7, 11) is 0. The van der Waals surface area contributed by atoms with Crippen molar-refractivity contribution >= 4 is 11.5 Å². The zero-order chi connectivity index (χ0) is 13.0. The van der Waals surface area contributed by atoms with E-state index in [4.69, 9.17) is 5.73 Å². The van der Waals surface area contributed by atoms with Crippen LogP contribution in [-0.2, 0) is 6.54 Å². The van der Waals surface area contributed by atoms with E-state index in [1.54, 1.807) is 18.6 Å². The molecular weight excluding hydrogens is 224 g/mol. The zero-order valence-electron chi connectivity index (χ0n) is 10.8. The van der Waals surface area contributed by atoms with Gasteiger partial charge in [-0.1, -0.05) is 0 Å². The molecule has 0 unspecified atom stereocenters. The second kappa shape index (κ2) is 5.49. The van der Waals surface area contributed by atoms with Crippen LogP contribution in [0.4, 0.5) is 11.5 Å². The molecule has 2 heterocycles. The molecule has 4 heteroatoms. The van der Waals surface area contributed by atoms with E-state index < -0.39 is 0 Å². The van der Waals surface area contributed by atoms with Gasteiger partial charge in [-0.15, -0.1) is 0 Å². The smallest absolute Gasteiger partial charge is 0.152 e. The van der Waals surface area contributed by atoms with Crippen molar-refractivity contribution in [2.45, 2.75) is 20.4 Å². The monoisotopic (exact) mass is 242 g/mol. The van der Waals surface area contributed by atoms with Crippen molar-refractivity contribution < 1.29 is 0 Å². The van der Waals surface area contributed by atoms with Crippen LogP contribution in [0.1, 0.15) is 18.1 Å². The lowest BCUT2D eigenvalue weighted by molar-refractivity contribution is 0.813. The van der Waals surface area contributed by atoms with Crippen LogP contribution in [0.5, 0.6) is 0 Å². The average molecular weight is 242 g/mol. The van der Waals surface area contributed by atoms with Gasteiger partial charge in [-0.2, -0.15) is 0 Å². The number of nitrogens with zero attached hydrogens (tertiary/aromatic N) is 3. The van der Waals surface area contributed by atoms with Gasteiger partial charge in [0.15, 0.2) is 5.82 Å². The summed E-state index contributed by atoms with van der Waals surface area (Å²) in [5.74, 6) is 0.856. The Morgan fingerprint density at radius 2 is 1.89 bits per heavy atom. The second-order valence-electron chi connectivity index (χ2n) is 4.23. The third kappa shape index (κ3) is 2.59. The summed E-state index contributed by atoms with van der Waals surface area (Å²) in [6, 6.07) is 5.95. The lowest BCUT2D eigenvalue weighted by Gasteiger charge is -2.24. The molecule has 0 saturated carbocycles. The first-order valence-electron chi connectivity index (χ1n) is 6.07. The number of hydrogen-bond donors (Lipinski definition) is 1. The Kier molecular flexibility index (Phi) is 3.77. The van der Waals surface area contributed by atoms with Crippen molar-refractivity contribution in [1.82, 2.24) is 9.97 Å². The van der Waals surface area contributed by atoms with Crippen molar-refractivity contribution in [2.75, 3.05) is 17.2 Å². The molecule has 2 rings (SSSR count). The van der Waals surface area contributed by atoms with Crippen LogP contribution in [-0.4, -0.2) is 16.5 Å². The SMILES string of the molecule is CCN(Cc1ccncc1)c1nccc(C)c1N. The lowest BCUT2D eigenvalue weighted by atomic mass is 10.2. The highest BCUT2D eigenvalue weighted by atomic mass is 15.2. The third-order valence-corrected chi connectivity index (χ3v) is 2.99. The van der Waals surface area contributed by atoms with Gasteiger partial charge in [0, 0.05) is 31.7 Å². The summed E-state index contributed by atoms with van der Waals surface area (Å²) in [6.45, 7) is 5.76. The van der Waals surface area contributed by atoms with E-state index in [0.717, 1.165) is 30.2 Å². The predicted molar refractivity (Wildman–Crippen MR) is 74.3 cm³/mol. The maximum absolute atomic E-state index is 6.10. The Balaban J connectivity index is 2.26. The number of aromatic nitrogens is 2. The highest BCUT2D eigenvalue weighted by Crippen LogP contribution is 2.24. The van der Waals surface area contributed by atoms with Crippen LogP contribution >= 0.6 is 0 Å². The van der Waals surface area contributed by atoms with Gasteiger partial charge in [0.2, 0.25) is 0 Å². The van der Waals surface area contributed by atoms with E-state index in [-0.39, 0.29) is 0 Å². The number of nitrogen functional groups attached to an aromatic ring is 1.